The Morgan fingerprint density at radius 3 is 2.64 bits per heavy atom. The summed E-state index contributed by atoms with van der Waals surface area (Å²) >= 11 is 0. The summed E-state index contributed by atoms with van der Waals surface area (Å²) in [6.45, 7) is 1.15. The summed E-state index contributed by atoms with van der Waals surface area (Å²) in [6.07, 6.45) is 6.65. The predicted molar refractivity (Wildman–Crippen MR) is 107 cm³/mol. The lowest BCUT2D eigenvalue weighted by atomic mass is 9.95. The molecule has 2 aromatic carbocycles. The maximum absolute atomic E-state index is 12.6. The molecule has 142 valence electrons. The number of benzene rings is 2. The minimum atomic E-state index is -3.63. The van der Waals surface area contributed by atoms with Crippen LogP contribution in [0.4, 0.5) is 5.69 Å². The molecule has 2 heterocycles. The SMILES string of the molecule is C#Cc1cccc(NC(=O)C2CCN(C3=NS(=O)(=O)c4ccccc43)CC2)c1. The van der Waals surface area contributed by atoms with Crippen LogP contribution in [0.15, 0.2) is 57.8 Å². The number of rotatable bonds is 2. The van der Waals surface area contributed by atoms with E-state index in [0.717, 1.165) is 0 Å². The van der Waals surface area contributed by atoms with Crippen molar-refractivity contribution in [2.24, 2.45) is 10.3 Å². The van der Waals surface area contributed by atoms with E-state index < -0.39 is 10.0 Å². The number of hydrogen-bond acceptors (Lipinski definition) is 4. The number of carbonyl (C=O) groups is 1. The quantitative estimate of drug-likeness (QED) is 0.795. The van der Waals surface area contributed by atoms with E-state index in [-0.39, 0.29) is 16.7 Å². The molecular weight excluding hydrogens is 374 g/mol. The molecule has 0 saturated carbocycles. The molecule has 0 spiro atoms. The van der Waals surface area contributed by atoms with E-state index in [0.29, 0.717) is 48.6 Å². The van der Waals surface area contributed by atoms with Crippen molar-refractivity contribution in [1.82, 2.24) is 4.90 Å². The number of amidine groups is 1. The molecule has 0 radical (unpaired) electrons. The molecule has 7 heteroatoms. The third kappa shape index (κ3) is 3.39. The minimum absolute atomic E-state index is 0.0461. The van der Waals surface area contributed by atoms with Crippen molar-refractivity contribution in [3.8, 4) is 12.3 Å². The van der Waals surface area contributed by atoms with Gasteiger partial charge in [-0.25, -0.2) is 0 Å². The molecule has 0 aromatic heterocycles. The van der Waals surface area contributed by atoms with Crippen molar-refractivity contribution in [3.63, 3.8) is 0 Å². The largest absolute Gasteiger partial charge is 0.355 e. The lowest BCUT2D eigenvalue weighted by Crippen LogP contribution is -2.41. The summed E-state index contributed by atoms with van der Waals surface area (Å²) in [5.41, 5.74) is 2.03. The van der Waals surface area contributed by atoms with E-state index in [1.807, 2.05) is 23.1 Å². The first-order chi connectivity index (χ1) is 13.5. The highest BCUT2D eigenvalue weighted by Crippen LogP contribution is 2.30. The second kappa shape index (κ2) is 7.13. The smallest absolute Gasteiger partial charge is 0.285 e. The number of likely N-dealkylation sites (tertiary alicyclic amines) is 1. The molecule has 1 amide bonds. The summed E-state index contributed by atoms with van der Waals surface area (Å²) in [4.78, 5) is 14.8. The van der Waals surface area contributed by atoms with Crippen LogP contribution in [0.3, 0.4) is 0 Å². The number of carbonyl (C=O) groups excluding carboxylic acids is 1. The average molecular weight is 393 g/mol. The molecule has 2 aliphatic heterocycles. The third-order valence-electron chi connectivity index (χ3n) is 5.07. The van der Waals surface area contributed by atoms with Gasteiger partial charge in [-0.3, -0.25) is 4.79 Å². The van der Waals surface area contributed by atoms with Crippen molar-refractivity contribution >= 4 is 27.5 Å². The molecule has 0 bridgehead atoms. The summed E-state index contributed by atoms with van der Waals surface area (Å²) < 4.78 is 28.4. The molecule has 0 atom stereocenters. The van der Waals surface area contributed by atoms with Gasteiger partial charge in [0.2, 0.25) is 5.91 Å². The Balaban J connectivity index is 1.43. The van der Waals surface area contributed by atoms with Gasteiger partial charge in [0, 0.05) is 35.8 Å². The van der Waals surface area contributed by atoms with Gasteiger partial charge in [-0.05, 0) is 43.2 Å². The van der Waals surface area contributed by atoms with E-state index in [1.54, 1.807) is 30.3 Å². The fourth-order valence-electron chi connectivity index (χ4n) is 3.60. The highest BCUT2D eigenvalue weighted by atomic mass is 32.2. The van der Waals surface area contributed by atoms with Gasteiger partial charge >= 0.3 is 0 Å². The number of nitrogens with one attached hydrogen (secondary N) is 1. The maximum Gasteiger partial charge on any atom is 0.285 e. The summed E-state index contributed by atoms with van der Waals surface area (Å²) in [6, 6.07) is 14.0. The third-order valence-corrected chi connectivity index (χ3v) is 6.40. The van der Waals surface area contributed by atoms with Crippen molar-refractivity contribution in [2.75, 3.05) is 18.4 Å². The maximum atomic E-state index is 12.6. The van der Waals surface area contributed by atoms with Crippen LogP contribution < -0.4 is 5.32 Å². The molecule has 0 unspecified atom stereocenters. The van der Waals surface area contributed by atoms with Crippen LogP contribution in [-0.4, -0.2) is 38.2 Å². The monoisotopic (exact) mass is 393 g/mol. The van der Waals surface area contributed by atoms with Gasteiger partial charge in [0.05, 0.1) is 0 Å². The molecule has 1 saturated heterocycles. The van der Waals surface area contributed by atoms with Gasteiger partial charge in [-0.15, -0.1) is 10.8 Å². The number of piperidine rings is 1. The number of terminal acetylenes is 1. The van der Waals surface area contributed by atoms with Crippen LogP contribution in [-0.2, 0) is 14.8 Å². The van der Waals surface area contributed by atoms with Crippen LogP contribution in [0, 0.1) is 18.3 Å². The fourth-order valence-corrected chi connectivity index (χ4v) is 4.83. The molecule has 28 heavy (non-hydrogen) atoms. The van der Waals surface area contributed by atoms with Crippen LogP contribution in [0.2, 0.25) is 0 Å². The van der Waals surface area contributed by atoms with Crippen LogP contribution in [0.5, 0.6) is 0 Å². The number of anilines is 1. The van der Waals surface area contributed by atoms with Crippen molar-refractivity contribution in [1.29, 1.82) is 0 Å². The fraction of sp³-hybridized carbons (Fsp3) is 0.238. The number of amides is 1. The number of fused-ring (bicyclic) bond motifs is 1. The summed E-state index contributed by atoms with van der Waals surface area (Å²) in [5.74, 6) is 2.85. The van der Waals surface area contributed by atoms with Crippen LogP contribution in [0.1, 0.15) is 24.0 Å². The molecule has 0 aliphatic carbocycles. The average Bonchev–Trinajstić information content (AvgIpc) is 2.99. The van der Waals surface area contributed by atoms with Gasteiger partial charge in [-0.1, -0.05) is 24.1 Å². The van der Waals surface area contributed by atoms with Gasteiger partial charge < -0.3 is 10.2 Å². The minimum Gasteiger partial charge on any atom is -0.355 e. The standard InChI is InChI=1S/C21H19N3O3S/c1-2-15-6-5-7-17(14-15)22-21(25)16-10-12-24(13-11-16)20-18-8-3-4-9-19(18)28(26,27)23-20/h1,3-9,14,16H,10-13H2,(H,22,25). The zero-order valence-electron chi connectivity index (χ0n) is 15.1. The second-order valence-corrected chi connectivity index (χ2v) is 8.43. The molecule has 1 N–H and O–H groups in total. The van der Waals surface area contributed by atoms with E-state index in [2.05, 4.69) is 15.6 Å². The number of nitrogens with zero attached hydrogens (tertiary/aromatic N) is 2. The van der Waals surface area contributed by atoms with Gasteiger partial charge in [0.15, 0.2) is 5.84 Å². The molecular formula is C21H19N3O3S. The highest BCUT2D eigenvalue weighted by Gasteiger charge is 2.34. The lowest BCUT2D eigenvalue weighted by Gasteiger charge is -2.32. The van der Waals surface area contributed by atoms with E-state index in [4.69, 9.17) is 6.42 Å². The Bertz CT molecular complexity index is 1110. The van der Waals surface area contributed by atoms with Gasteiger partial charge in [0.1, 0.15) is 4.90 Å². The second-order valence-electron chi connectivity index (χ2n) is 6.86. The molecule has 6 nitrogen and oxygen atoms in total. The number of hydrogen-bond donors (Lipinski definition) is 1. The highest BCUT2D eigenvalue weighted by molar-refractivity contribution is 7.90. The first-order valence-corrected chi connectivity index (χ1v) is 10.5. The van der Waals surface area contributed by atoms with Crippen molar-refractivity contribution < 1.29 is 13.2 Å². The summed E-state index contributed by atoms with van der Waals surface area (Å²) in [5, 5.41) is 2.92. The Morgan fingerprint density at radius 1 is 1.14 bits per heavy atom. The van der Waals surface area contributed by atoms with E-state index >= 15 is 0 Å². The Hall–Kier alpha value is -3.11. The van der Waals surface area contributed by atoms with Gasteiger partial charge in [0.25, 0.3) is 10.0 Å². The lowest BCUT2D eigenvalue weighted by molar-refractivity contribution is -0.120. The van der Waals surface area contributed by atoms with Crippen molar-refractivity contribution in [2.45, 2.75) is 17.7 Å². The van der Waals surface area contributed by atoms with Crippen LogP contribution in [0.25, 0.3) is 0 Å². The Labute approximate surface area is 164 Å². The topological polar surface area (TPSA) is 78.8 Å². The molecule has 1 fully saturated rings. The number of sulfonamides is 1. The van der Waals surface area contributed by atoms with Crippen molar-refractivity contribution in [3.05, 3.63) is 59.7 Å². The van der Waals surface area contributed by atoms with E-state index in [9.17, 15) is 13.2 Å². The summed E-state index contributed by atoms with van der Waals surface area (Å²) in [7, 11) is -3.63. The predicted octanol–water partition coefficient (Wildman–Crippen LogP) is 2.47. The molecule has 2 aliphatic rings. The normalized spacial score (nSPS) is 18.1. The first-order valence-electron chi connectivity index (χ1n) is 9.05. The first kappa shape index (κ1) is 18.3. The Morgan fingerprint density at radius 2 is 1.89 bits per heavy atom. The van der Waals surface area contributed by atoms with Crippen LogP contribution >= 0.6 is 0 Å². The van der Waals surface area contributed by atoms with E-state index in [1.165, 1.54) is 0 Å². The zero-order valence-corrected chi connectivity index (χ0v) is 15.9. The molecule has 4 rings (SSSR count). The molecule has 2 aromatic rings. The van der Waals surface area contributed by atoms with Gasteiger partial charge in [-0.2, -0.15) is 8.42 Å². The Kier molecular flexibility index (Phi) is 4.65. The zero-order chi connectivity index (χ0) is 19.7.